The molecule has 0 saturated heterocycles. The largest absolute Gasteiger partial charge is 0.416 e. The fourth-order valence-corrected chi connectivity index (χ4v) is 4.09. The Morgan fingerprint density at radius 2 is 1.30 bits per heavy atom. The number of alkyl halides is 6. The molecule has 0 amide bonds. The Morgan fingerprint density at radius 1 is 0.913 bits per heavy atom. The van der Waals surface area contributed by atoms with Gasteiger partial charge in [0, 0.05) is 0 Å². The molecule has 0 spiro atoms. The van der Waals surface area contributed by atoms with Crippen LogP contribution in [0.25, 0.3) is 0 Å². The molecule has 12 heteroatoms. The van der Waals surface area contributed by atoms with Crippen LogP contribution in [0.3, 0.4) is 0 Å². The molecule has 3 nitrogen and oxygen atoms in total. The minimum absolute atomic E-state index is 0.0176. The highest BCUT2D eigenvalue weighted by Gasteiger charge is 2.38. The predicted octanol–water partition coefficient (Wildman–Crippen LogP) is 4.49. The molecular weight excluding hydrogens is 388 g/mol. The standard InChI is InChI=1S/C11H9F6NO2S3/c1-21-9(22-2)18-23(19,20)8-4-6(10(12,13)14)3-7(5-8)11(15,16)17/h3-5H,1-2H3. The summed E-state index contributed by atoms with van der Waals surface area (Å²) in [5.41, 5.74) is -3.42. The second-order valence-corrected chi connectivity index (χ2v) is 7.43. The van der Waals surface area contributed by atoms with E-state index in [1.807, 2.05) is 0 Å². The Bertz CT molecular complexity index is 671. The lowest BCUT2D eigenvalue weighted by molar-refractivity contribution is -0.143. The molecule has 1 aromatic carbocycles. The molecule has 0 unspecified atom stereocenters. The quantitative estimate of drug-likeness (QED) is 0.419. The van der Waals surface area contributed by atoms with Gasteiger partial charge in [-0.15, -0.1) is 27.9 Å². The van der Waals surface area contributed by atoms with E-state index >= 15 is 0 Å². The third-order valence-corrected chi connectivity index (χ3v) is 5.77. The van der Waals surface area contributed by atoms with Gasteiger partial charge in [-0.3, -0.25) is 0 Å². The number of hydrogen-bond acceptors (Lipinski definition) is 4. The number of rotatable bonds is 2. The normalized spacial score (nSPS) is 13.0. The first kappa shape index (κ1) is 20.2. The smallest absolute Gasteiger partial charge is 0.199 e. The van der Waals surface area contributed by atoms with Gasteiger partial charge in [0.15, 0.2) is 0 Å². The first-order valence-electron chi connectivity index (χ1n) is 5.53. The Labute approximate surface area is 136 Å². The van der Waals surface area contributed by atoms with Crippen molar-refractivity contribution >= 4 is 37.9 Å². The van der Waals surface area contributed by atoms with Crippen LogP contribution in [-0.4, -0.2) is 25.3 Å². The molecule has 0 saturated carbocycles. The Morgan fingerprint density at radius 3 is 1.61 bits per heavy atom. The van der Waals surface area contributed by atoms with E-state index in [-0.39, 0.29) is 22.6 Å². The Hall–Kier alpha value is -0.880. The van der Waals surface area contributed by atoms with E-state index in [4.69, 9.17) is 0 Å². The van der Waals surface area contributed by atoms with Gasteiger partial charge < -0.3 is 0 Å². The number of sulfonamides is 1. The summed E-state index contributed by atoms with van der Waals surface area (Å²) in [7, 11) is -4.70. The van der Waals surface area contributed by atoms with Gasteiger partial charge in [-0.05, 0) is 30.7 Å². The van der Waals surface area contributed by atoms with Gasteiger partial charge in [-0.2, -0.15) is 34.8 Å². The van der Waals surface area contributed by atoms with Crippen LogP contribution >= 0.6 is 23.5 Å². The van der Waals surface area contributed by atoms with Crippen molar-refractivity contribution in [2.45, 2.75) is 17.2 Å². The molecule has 0 aliphatic carbocycles. The predicted molar refractivity (Wildman–Crippen MR) is 78.1 cm³/mol. The van der Waals surface area contributed by atoms with Crippen molar-refractivity contribution < 1.29 is 34.8 Å². The summed E-state index contributed by atoms with van der Waals surface area (Å²) >= 11 is 1.80. The summed E-state index contributed by atoms with van der Waals surface area (Å²) in [6.07, 6.45) is -7.32. The van der Waals surface area contributed by atoms with Gasteiger partial charge in [0.05, 0.1) is 16.0 Å². The Balaban J connectivity index is 3.62. The van der Waals surface area contributed by atoms with Crippen LogP contribution in [0.2, 0.25) is 0 Å². The number of halogens is 6. The van der Waals surface area contributed by atoms with Crippen LogP contribution in [0.4, 0.5) is 26.3 Å². The number of hydrogen-bond donors (Lipinski definition) is 0. The minimum atomic E-state index is -5.13. The summed E-state index contributed by atoms with van der Waals surface area (Å²) in [6.45, 7) is 0. The first-order valence-corrected chi connectivity index (χ1v) is 9.42. The lowest BCUT2D eigenvalue weighted by Gasteiger charge is -2.13. The molecule has 0 heterocycles. The van der Waals surface area contributed by atoms with Crippen molar-refractivity contribution in [2.75, 3.05) is 12.5 Å². The van der Waals surface area contributed by atoms with Gasteiger partial charge in [-0.25, -0.2) is 0 Å². The van der Waals surface area contributed by atoms with Gasteiger partial charge >= 0.3 is 12.4 Å². The second-order valence-electron chi connectivity index (χ2n) is 3.98. The highest BCUT2D eigenvalue weighted by Crippen LogP contribution is 2.37. The molecule has 0 N–H and O–H groups in total. The highest BCUT2D eigenvalue weighted by atomic mass is 32.2. The van der Waals surface area contributed by atoms with E-state index in [0.717, 1.165) is 23.5 Å². The van der Waals surface area contributed by atoms with Crippen molar-refractivity contribution in [3.63, 3.8) is 0 Å². The molecule has 0 aliphatic heterocycles. The molecule has 0 aromatic heterocycles. The zero-order valence-corrected chi connectivity index (χ0v) is 13.9. The van der Waals surface area contributed by atoms with E-state index in [0.29, 0.717) is 0 Å². The maximum atomic E-state index is 12.7. The molecule has 1 rings (SSSR count). The topological polar surface area (TPSA) is 46.5 Å². The molecule has 23 heavy (non-hydrogen) atoms. The van der Waals surface area contributed by atoms with Crippen molar-refractivity contribution in [3.05, 3.63) is 29.3 Å². The monoisotopic (exact) mass is 397 g/mol. The fourth-order valence-electron chi connectivity index (χ4n) is 1.38. The average Bonchev–Trinajstić information content (AvgIpc) is 2.42. The number of thioether (sulfide) groups is 2. The molecule has 0 aliphatic rings. The van der Waals surface area contributed by atoms with Crippen molar-refractivity contribution in [1.29, 1.82) is 0 Å². The summed E-state index contributed by atoms with van der Waals surface area (Å²) in [5.74, 6) is 0. The van der Waals surface area contributed by atoms with Crippen LogP contribution in [0.5, 0.6) is 0 Å². The van der Waals surface area contributed by atoms with Crippen LogP contribution in [0.15, 0.2) is 27.5 Å². The van der Waals surface area contributed by atoms with E-state index < -0.39 is 38.4 Å². The zero-order valence-electron chi connectivity index (χ0n) is 11.5. The SMILES string of the molecule is CSC(=NS(=O)(=O)c1cc(C(F)(F)F)cc(C(F)(F)F)c1)SC. The van der Waals surface area contributed by atoms with E-state index in [1.54, 1.807) is 0 Å². The van der Waals surface area contributed by atoms with Crippen LogP contribution in [-0.2, 0) is 22.4 Å². The van der Waals surface area contributed by atoms with Gasteiger partial charge in [0.25, 0.3) is 10.0 Å². The summed E-state index contributed by atoms with van der Waals surface area (Å²) < 4.78 is 103. The summed E-state index contributed by atoms with van der Waals surface area (Å²) in [6, 6.07) is 0.117. The zero-order chi connectivity index (χ0) is 18.1. The molecule has 0 bridgehead atoms. The number of benzene rings is 1. The second kappa shape index (κ2) is 6.93. The summed E-state index contributed by atoms with van der Waals surface area (Å²) in [4.78, 5) is -1.17. The van der Waals surface area contributed by atoms with E-state index in [1.165, 1.54) is 12.5 Å². The van der Waals surface area contributed by atoms with E-state index in [2.05, 4.69) is 4.40 Å². The van der Waals surface area contributed by atoms with Gasteiger partial charge in [0.1, 0.15) is 4.38 Å². The van der Waals surface area contributed by atoms with Crippen molar-refractivity contribution in [2.24, 2.45) is 4.40 Å². The maximum absolute atomic E-state index is 12.7. The van der Waals surface area contributed by atoms with Crippen molar-refractivity contribution in [1.82, 2.24) is 0 Å². The lowest BCUT2D eigenvalue weighted by Crippen LogP contribution is -2.13. The Kier molecular flexibility index (Phi) is 6.08. The molecule has 1 aromatic rings. The van der Waals surface area contributed by atoms with Gasteiger partial charge in [0.2, 0.25) is 0 Å². The lowest BCUT2D eigenvalue weighted by atomic mass is 10.1. The molecular formula is C11H9F6NO2S3. The molecule has 0 fully saturated rings. The fraction of sp³-hybridized carbons (Fsp3) is 0.364. The first-order chi connectivity index (χ1) is 10.3. The molecule has 130 valence electrons. The third kappa shape index (κ3) is 5.31. The van der Waals surface area contributed by atoms with Crippen LogP contribution in [0, 0.1) is 0 Å². The highest BCUT2D eigenvalue weighted by molar-refractivity contribution is 8.38. The average molecular weight is 397 g/mol. The van der Waals surface area contributed by atoms with Crippen molar-refractivity contribution in [3.8, 4) is 0 Å². The van der Waals surface area contributed by atoms with Crippen LogP contribution in [0.1, 0.15) is 11.1 Å². The summed E-state index contributed by atoms with van der Waals surface area (Å²) in [5, 5.41) is 0. The number of nitrogens with zero attached hydrogens (tertiary/aromatic N) is 1. The van der Waals surface area contributed by atoms with Crippen LogP contribution < -0.4 is 0 Å². The molecule has 0 atom stereocenters. The van der Waals surface area contributed by atoms with E-state index in [9.17, 15) is 34.8 Å². The van der Waals surface area contributed by atoms with Gasteiger partial charge in [-0.1, -0.05) is 0 Å². The minimum Gasteiger partial charge on any atom is -0.199 e. The maximum Gasteiger partial charge on any atom is 0.416 e. The molecule has 0 radical (unpaired) electrons. The third-order valence-electron chi connectivity index (χ3n) is 2.40.